The molecular weight excluding hydrogens is 906 g/mol. The van der Waals surface area contributed by atoms with E-state index in [0.29, 0.717) is 0 Å². The molecule has 0 aliphatic heterocycles. The molecule has 2 rings (SSSR count). The van der Waals surface area contributed by atoms with Crippen LogP contribution in [0.3, 0.4) is 0 Å². The number of ether oxygens (including phenoxy) is 4. The Morgan fingerprint density at radius 1 is 0.474 bits per heavy atom. The summed E-state index contributed by atoms with van der Waals surface area (Å²) in [5.74, 6) is -2.70. The zero-order chi connectivity index (χ0) is 42.6. The van der Waals surface area contributed by atoms with Crippen molar-refractivity contribution < 1.29 is 64.1 Å². The van der Waals surface area contributed by atoms with E-state index in [9.17, 15) is 45.1 Å². The molecule has 0 spiro atoms. The zero-order valence-corrected chi connectivity index (χ0v) is 40.6. The maximum Gasteiger partial charge on any atom is 2.00 e. The maximum absolute atomic E-state index is 12.5. The number of carbonyl (C=O) groups is 4. The summed E-state index contributed by atoms with van der Waals surface area (Å²) in [7, 11) is -9.57. The largest absolute Gasteiger partial charge is 2.00 e. The quantitative estimate of drug-likeness (QED) is 0.0494. The van der Waals surface area contributed by atoms with Crippen LogP contribution in [0.5, 0.6) is 0 Å². The molecule has 0 saturated carbocycles. The fraction of sp³-hybridized carbons (Fsp3) is 0.600. The molecule has 0 saturated heterocycles. The van der Waals surface area contributed by atoms with E-state index in [-0.39, 0.29) is 121 Å². The minimum absolute atomic E-state index is 0. The van der Waals surface area contributed by atoms with Crippen molar-refractivity contribution in [3.05, 3.63) is 58.7 Å². The minimum Gasteiger partial charge on any atom is -0.744 e. The first-order valence-corrected chi connectivity index (χ1v) is 21.9. The smallest absolute Gasteiger partial charge is 0.744 e. The monoisotopic (exact) mass is 964 g/mol. The average molecular weight is 964 g/mol. The summed E-state index contributed by atoms with van der Waals surface area (Å²) in [6.07, 6.45) is 7.21. The van der Waals surface area contributed by atoms with E-state index in [1.807, 2.05) is 55.4 Å². The number of esters is 4. The van der Waals surface area contributed by atoms with E-state index in [1.54, 1.807) is 0 Å². The first kappa shape index (κ1) is 54.7. The second-order valence-corrected chi connectivity index (χ2v) is 17.1. The molecule has 4 atom stereocenters. The molecule has 0 bridgehead atoms. The zero-order valence-electron chi connectivity index (χ0n) is 34.5. The summed E-state index contributed by atoms with van der Waals surface area (Å²) in [5, 5.41) is 0. The molecule has 0 aliphatic carbocycles. The van der Waals surface area contributed by atoms with Crippen LogP contribution in [-0.2, 0) is 39.2 Å². The van der Waals surface area contributed by atoms with Gasteiger partial charge in [0.15, 0.2) is 0 Å². The van der Waals surface area contributed by atoms with Crippen LogP contribution in [0, 0.1) is 23.7 Å². The van der Waals surface area contributed by atoms with Gasteiger partial charge < -0.3 is 28.1 Å². The van der Waals surface area contributed by atoms with Crippen molar-refractivity contribution in [2.75, 3.05) is 26.4 Å². The number of rotatable bonds is 22. The Kier molecular flexibility index (Phi) is 26.4. The van der Waals surface area contributed by atoms with Crippen LogP contribution >= 0.6 is 0 Å². The molecule has 2 aromatic rings. The van der Waals surface area contributed by atoms with Crippen LogP contribution in [0.4, 0.5) is 0 Å². The Morgan fingerprint density at radius 3 is 0.912 bits per heavy atom. The van der Waals surface area contributed by atoms with Crippen LogP contribution in [0.2, 0.25) is 0 Å². The van der Waals surface area contributed by atoms with Gasteiger partial charge in [-0.15, -0.1) is 0 Å². The molecule has 57 heavy (non-hydrogen) atoms. The predicted molar refractivity (Wildman–Crippen MR) is 212 cm³/mol. The Balaban J connectivity index is 0.00000108. The van der Waals surface area contributed by atoms with Gasteiger partial charge in [-0.1, -0.05) is 81.1 Å². The molecule has 0 amide bonds. The topological polar surface area (TPSA) is 220 Å². The van der Waals surface area contributed by atoms with Gasteiger partial charge in [0.05, 0.1) is 58.5 Å². The van der Waals surface area contributed by atoms with Gasteiger partial charge in [-0.25, -0.2) is 36.0 Å². The fourth-order valence-corrected chi connectivity index (χ4v) is 6.53. The normalized spacial score (nSPS) is 13.4. The molecule has 0 N–H and O–H groups in total. The second-order valence-electron chi connectivity index (χ2n) is 14.3. The number of carbonyl (C=O) groups excluding carboxylic acids is 4. The summed E-state index contributed by atoms with van der Waals surface area (Å²) in [6.45, 7) is 16.4. The van der Waals surface area contributed by atoms with E-state index < -0.39 is 53.9 Å². The first-order valence-electron chi connectivity index (χ1n) is 19.1. The Labute approximate surface area is 379 Å². The van der Waals surface area contributed by atoms with Crippen molar-refractivity contribution in [2.45, 2.75) is 117 Å². The van der Waals surface area contributed by atoms with Crippen molar-refractivity contribution in [3.63, 3.8) is 0 Å². The molecular formula is C40H58BaO14S2. The van der Waals surface area contributed by atoms with Crippen molar-refractivity contribution in [1.29, 1.82) is 0 Å². The van der Waals surface area contributed by atoms with Crippen molar-refractivity contribution >= 4 is 93.0 Å². The minimum atomic E-state index is -4.78. The standard InChI is InChI=1S/2C20H30O7S.Ba/c2*1-5-7-14(3)12-26-19(21)17-10-9-16(28(23,24)25)11-18(17)20(22)27-13-15(4)8-6-2;/h2*9-11,14-15H,5-8,12-13H2,1-4H3,(H,23,24,25);/q;;+2/p-2. The molecule has 0 heterocycles. The molecule has 316 valence electrons. The first-order chi connectivity index (χ1) is 26.2. The maximum atomic E-state index is 12.5. The molecule has 0 fully saturated rings. The molecule has 17 heteroatoms. The summed E-state index contributed by atoms with van der Waals surface area (Å²) < 4.78 is 88.8. The van der Waals surface area contributed by atoms with E-state index >= 15 is 0 Å². The third-order valence-electron chi connectivity index (χ3n) is 8.56. The van der Waals surface area contributed by atoms with E-state index in [4.69, 9.17) is 18.9 Å². The Bertz CT molecular complexity index is 1680. The van der Waals surface area contributed by atoms with Crippen molar-refractivity contribution in [3.8, 4) is 0 Å². The SMILES string of the molecule is CCCC(C)COC(=O)c1ccc(S(=O)(=O)[O-])cc1C(=O)OCC(C)CCC.CCCC(C)COC(=O)c1ccc(S(=O)(=O)[O-])cc1C(=O)OCC(C)CCC.[Ba+2]. The van der Waals surface area contributed by atoms with Gasteiger partial charge >= 0.3 is 72.8 Å². The fourth-order valence-electron chi connectivity index (χ4n) is 5.54. The van der Waals surface area contributed by atoms with Gasteiger partial charge in [-0.05, 0) is 85.8 Å². The Morgan fingerprint density at radius 2 is 0.702 bits per heavy atom. The van der Waals surface area contributed by atoms with Crippen LogP contribution in [0.25, 0.3) is 0 Å². The van der Waals surface area contributed by atoms with Gasteiger partial charge in [0.25, 0.3) is 0 Å². The molecule has 4 unspecified atom stereocenters. The average Bonchev–Trinajstić information content (AvgIpc) is 3.13. The molecule has 2 aromatic carbocycles. The second kappa shape index (κ2) is 27.5. The number of benzene rings is 2. The summed E-state index contributed by atoms with van der Waals surface area (Å²) in [5.41, 5.74) is -0.809. The van der Waals surface area contributed by atoms with E-state index in [2.05, 4.69) is 0 Å². The van der Waals surface area contributed by atoms with Crippen molar-refractivity contribution in [2.24, 2.45) is 23.7 Å². The van der Waals surface area contributed by atoms with Gasteiger partial charge in [-0.3, -0.25) is 0 Å². The summed E-state index contributed by atoms with van der Waals surface area (Å²) in [6, 6.07) is 5.96. The molecule has 14 nitrogen and oxygen atoms in total. The van der Waals surface area contributed by atoms with E-state index in [1.165, 1.54) is 0 Å². The Hall–Kier alpha value is -2.29. The van der Waals surface area contributed by atoms with Crippen LogP contribution < -0.4 is 0 Å². The summed E-state index contributed by atoms with van der Waals surface area (Å²) in [4.78, 5) is 48.6. The van der Waals surface area contributed by atoms with Gasteiger partial charge in [0.2, 0.25) is 0 Å². The number of hydrogen-bond donors (Lipinski definition) is 0. The third kappa shape index (κ3) is 20.5. The van der Waals surface area contributed by atoms with Gasteiger partial charge in [-0.2, -0.15) is 0 Å². The van der Waals surface area contributed by atoms with Gasteiger partial charge in [0, 0.05) is 0 Å². The van der Waals surface area contributed by atoms with E-state index in [0.717, 1.165) is 87.8 Å². The van der Waals surface area contributed by atoms with Crippen molar-refractivity contribution in [1.82, 2.24) is 0 Å². The van der Waals surface area contributed by atoms with Crippen LogP contribution in [0.1, 0.15) is 148 Å². The summed E-state index contributed by atoms with van der Waals surface area (Å²) >= 11 is 0. The molecule has 0 radical (unpaired) electrons. The number of hydrogen-bond acceptors (Lipinski definition) is 14. The molecule has 0 aromatic heterocycles. The van der Waals surface area contributed by atoms with Crippen LogP contribution in [0.15, 0.2) is 46.2 Å². The third-order valence-corrected chi connectivity index (χ3v) is 10.2. The van der Waals surface area contributed by atoms with Gasteiger partial charge in [0.1, 0.15) is 20.2 Å². The predicted octanol–water partition coefficient (Wildman–Crippen LogP) is 7.17. The molecule has 0 aliphatic rings. The van der Waals surface area contributed by atoms with Crippen LogP contribution in [-0.4, -0.2) is 125 Å².